The maximum atomic E-state index is 12.8. The molecular formula is C21H28N4O3. The van der Waals surface area contributed by atoms with Gasteiger partial charge in [-0.3, -0.25) is 14.6 Å². The lowest BCUT2D eigenvalue weighted by Crippen LogP contribution is -2.39. The molecule has 0 atom stereocenters. The lowest BCUT2D eigenvalue weighted by molar-refractivity contribution is -0.118. The number of aromatic amines is 1. The molecule has 0 saturated carbocycles. The quantitative estimate of drug-likeness (QED) is 0.826. The van der Waals surface area contributed by atoms with Gasteiger partial charge < -0.3 is 14.5 Å². The number of H-pyrrole nitrogens is 1. The Morgan fingerprint density at radius 1 is 1.25 bits per heavy atom. The van der Waals surface area contributed by atoms with E-state index in [-0.39, 0.29) is 17.9 Å². The number of para-hydroxylation sites is 1. The van der Waals surface area contributed by atoms with Crippen LogP contribution in [-0.2, 0) is 16.0 Å². The molecule has 2 aromatic rings. The third kappa shape index (κ3) is 4.42. The number of hydrogen-bond acceptors (Lipinski definition) is 5. The molecule has 1 aliphatic heterocycles. The average Bonchev–Trinajstić information content (AvgIpc) is 2.70. The van der Waals surface area contributed by atoms with Gasteiger partial charge in [-0.1, -0.05) is 18.2 Å². The maximum Gasteiger partial charge on any atom is 0.255 e. The van der Waals surface area contributed by atoms with Gasteiger partial charge in [0, 0.05) is 43.0 Å². The monoisotopic (exact) mass is 384 g/mol. The van der Waals surface area contributed by atoms with Crippen LogP contribution in [0.4, 0.5) is 11.6 Å². The van der Waals surface area contributed by atoms with Crippen molar-refractivity contribution in [3.05, 3.63) is 51.4 Å². The number of aromatic nitrogens is 2. The fourth-order valence-corrected chi connectivity index (χ4v) is 3.53. The van der Waals surface area contributed by atoms with Crippen LogP contribution < -0.4 is 15.4 Å². The van der Waals surface area contributed by atoms with Gasteiger partial charge in [0.2, 0.25) is 11.9 Å². The van der Waals surface area contributed by atoms with E-state index < -0.39 is 0 Å². The molecule has 0 radical (unpaired) electrons. The van der Waals surface area contributed by atoms with E-state index in [2.05, 4.69) is 9.97 Å². The number of aryl methyl sites for hydroxylation is 2. The van der Waals surface area contributed by atoms with Gasteiger partial charge in [-0.2, -0.15) is 0 Å². The summed E-state index contributed by atoms with van der Waals surface area (Å²) in [5.74, 6) is 0.587. The molecule has 1 aromatic carbocycles. The van der Waals surface area contributed by atoms with E-state index in [9.17, 15) is 9.59 Å². The zero-order valence-electron chi connectivity index (χ0n) is 16.8. The molecule has 0 unspecified atom stereocenters. The van der Waals surface area contributed by atoms with Gasteiger partial charge in [-0.15, -0.1) is 0 Å². The topological polar surface area (TPSA) is 78.5 Å². The lowest BCUT2D eigenvalue weighted by Gasteiger charge is -2.27. The highest BCUT2D eigenvalue weighted by Gasteiger charge is 2.19. The van der Waals surface area contributed by atoms with Crippen LogP contribution in [0.3, 0.4) is 0 Å². The molecule has 1 amide bonds. The molecule has 3 rings (SSSR count). The summed E-state index contributed by atoms with van der Waals surface area (Å²) in [6.45, 7) is 9.06. The van der Waals surface area contributed by atoms with Crippen LogP contribution in [-0.4, -0.2) is 48.7 Å². The number of rotatable bonds is 6. The molecule has 0 bridgehead atoms. The molecule has 150 valence electrons. The summed E-state index contributed by atoms with van der Waals surface area (Å²) in [4.78, 5) is 36.6. The second kappa shape index (κ2) is 9.01. The normalized spacial score (nSPS) is 14.2. The minimum atomic E-state index is -0.166. The van der Waals surface area contributed by atoms with Gasteiger partial charge >= 0.3 is 0 Å². The smallest absolute Gasteiger partial charge is 0.255 e. The predicted molar refractivity (Wildman–Crippen MR) is 110 cm³/mol. The minimum Gasteiger partial charge on any atom is -0.378 e. The third-order valence-electron chi connectivity index (χ3n) is 5.13. The summed E-state index contributed by atoms with van der Waals surface area (Å²) in [6.07, 6.45) is 0.642. The molecule has 0 spiro atoms. The van der Waals surface area contributed by atoms with E-state index in [0.717, 1.165) is 11.3 Å². The first-order valence-electron chi connectivity index (χ1n) is 9.79. The zero-order valence-corrected chi connectivity index (χ0v) is 16.8. The molecule has 1 aliphatic rings. The van der Waals surface area contributed by atoms with E-state index in [1.54, 1.807) is 4.90 Å². The molecule has 1 saturated heterocycles. The number of ether oxygens (including phenoxy) is 1. The molecule has 1 N–H and O–H groups in total. The summed E-state index contributed by atoms with van der Waals surface area (Å²) in [5, 5.41) is 0. The maximum absolute atomic E-state index is 12.8. The molecule has 1 aromatic heterocycles. The molecule has 7 nitrogen and oxygen atoms in total. The summed E-state index contributed by atoms with van der Waals surface area (Å²) < 4.78 is 5.34. The summed E-state index contributed by atoms with van der Waals surface area (Å²) in [7, 11) is 0. The Bertz CT molecular complexity index is 887. The Kier molecular flexibility index (Phi) is 6.46. The number of nitrogens with one attached hydrogen (secondary N) is 1. The van der Waals surface area contributed by atoms with E-state index in [4.69, 9.17) is 4.74 Å². The summed E-state index contributed by atoms with van der Waals surface area (Å²) in [5.41, 5.74) is 3.06. The molecule has 1 fully saturated rings. The summed E-state index contributed by atoms with van der Waals surface area (Å²) in [6, 6.07) is 7.84. The Balaban J connectivity index is 1.72. The van der Waals surface area contributed by atoms with Gasteiger partial charge in [0.05, 0.1) is 13.2 Å². The van der Waals surface area contributed by atoms with Gasteiger partial charge in [0.1, 0.15) is 0 Å². The fraction of sp³-hybridized carbons (Fsp3) is 0.476. The molecular weight excluding hydrogens is 356 g/mol. The predicted octanol–water partition coefficient (Wildman–Crippen LogP) is 2.21. The van der Waals surface area contributed by atoms with Crippen molar-refractivity contribution >= 4 is 17.5 Å². The first-order valence-corrected chi connectivity index (χ1v) is 9.79. The van der Waals surface area contributed by atoms with Gasteiger partial charge in [0.25, 0.3) is 5.56 Å². The highest BCUT2D eigenvalue weighted by Crippen LogP contribution is 2.20. The first-order chi connectivity index (χ1) is 13.5. The van der Waals surface area contributed by atoms with Crippen molar-refractivity contribution in [2.24, 2.45) is 0 Å². The standard InChI is InChI=1S/C21H28N4O3/c1-4-25(18-8-6-5-7-15(18)2)19(26)10-9-17-16(3)22-21(23-20(17)27)24-11-13-28-14-12-24/h5-8H,4,9-14H2,1-3H3,(H,22,23,27). The van der Waals surface area contributed by atoms with Crippen molar-refractivity contribution in [2.45, 2.75) is 33.6 Å². The van der Waals surface area contributed by atoms with Crippen LogP contribution in [0.2, 0.25) is 0 Å². The van der Waals surface area contributed by atoms with Crippen LogP contribution in [0, 0.1) is 13.8 Å². The number of anilines is 2. The van der Waals surface area contributed by atoms with Crippen molar-refractivity contribution < 1.29 is 9.53 Å². The second-order valence-corrected chi connectivity index (χ2v) is 6.98. The van der Waals surface area contributed by atoms with E-state index in [0.29, 0.717) is 56.5 Å². The third-order valence-corrected chi connectivity index (χ3v) is 5.13. The van der Waals surface area contributed by atoms with E-state index >= 15 is 0 Å². The second-order valence-electron chi connectivity index (χ2n) is 6.98. The van der Waals surface area contributed by atoms with Crippen molar-refractivity contribution in [1.29, 1.82) is 0 Å². The van der Waals surface area contributed by atoms with Gasteiger partial charge in [-0.25, -0.2) is 4.98 Å². The molecule has 2 heterocycles. The minimum absolute atomic E-state index is 0.00727. The van der Waals surface area contributed by atoms with Crippen LogP contribution in [0.1, 0.15) is 30.2 Å². The van der Waals surface area contributed by atoms with E-state index in [1.807, 2.05) is 49.9 Å². The molecule has 28 heavy (non-hydrogen) atoms. The number of nitrogens with zero attached hydrogens (tertiary/aromatic N) is 3. The van der Waals surface area contributed by atoms with Crippen molar-refractivity contribution in [3.63, 3.8) is 0 Å². The Morgan fingerprint density at radius 2 is 1.96 bits per heavy atom. The first kappa shape index (κ1) is 20.1. The number of carbonyl (C=O) groups is 1. The number of benzene rings is 1. The number of hydrogen-bond donors (Lipinski definition) is 1. The van der Waals surface area contributed by atoms with Crippen molar-refractivity contribution in [1.82, 2.24) is 9.97 Å². The van der Waals surface area contributed by atoms with Crippen LogP contribution in [0.15, 0.2) is 29.1 Å². The Labute approximate surface area is 165 Å². The van der Waals surface area contributed by atoms with Crippen LogP contribution in [0.5, 0.6) is 0 Å². The number of amides is 1. The van der Waals surface area contributed by atoms with Crippen LogP contribution in [0.25, 0.3) is 0 Å². The van der Waals surface area contributed by atoms with Gasteiger partial charge in [0.15, 0.2) is 0 Å². The SMILES string of the molecule is CCN(C(=O)CCc1c(C)nc(N2CCOCC2)[nH]c1=O)c1ccccc1C. The number of morpholine rings is 1. The molecule has 0 aliphatic carbocycles. The highest BCUT2D eigenvalue weighted by atomic mass is 16.5. The Hall–Kier alpha value is -2.67. The zero-order chi connectivity index (χ0) is 20.1. The van der Waals surface area contributed by atoms with Gasteiger partial charge in [-0.05, 0) is 38.8 Å². The largest absolute Gasteiger partial charge is 0.378 e. The summed E-state index contributed by atoms with van der Waals surface area (Å²) >= 11 is 0. The van der Waals surface area contributed by atoms with Crippen LogP contribution >= 0.6 is 0 Å². The Morgan fingerprint density at radius 3 is 2.61 bits per heavy atom. The molecule has 7 heteroatoms. The van der Waals surface area contributed by atoms with E-state index in [1.165, 1.54) is 0 Å². The average molecular weight is 384 g/mol. The lowest BCUT2D eigenvalue weighted by atomic mass is 10.1. The number of carbonyl (C=O) groups excluding carboxylic acids is 1. The fourth-order valence-electron chi connectivity index (χ4n) is 3.53. The highest BCUT2D eigenvalue weighted by molar-refractivity contribution is 5.94. The van der Waals surface area contributed by atoms with Crippen molar-refractivity contribution in [2.75, 3.05) is 42.6 Å². The van der Waals surface area contributed by atoms with Crippen molar-refractivity contribution in [3.8, 4) is 0 Å².